The van der Waals surface area contributed by atoms with Crippen molar-refractivity contribution >= 4 is 0 Å². The van der Waals surface area contributed by atoms with Gasteiger partial charge in [0.05, 0.1) is 26.2 Å². The van der Waals surface area contributed by atoms with Crippen molar-refractivity contribution in [1.82, 2.24) is 0 Å². The molecule has 0 radical (unpaired) electrons. The highest BCUT2D eigenvalue weighted by atomic mass is 15.4. The van der Waals surface area contributed by atoms with E-state index >= 15 is 0 Å². The second kappa shape index (κ2) is 8.11. The van der Waals surface area contributed by atoms with Crippen molar-refractivity contribution < 1.29 is 4.48 Å². The van der Waals surface area contributed by atoms with Crippen LogP contribution >= 0.6 is 0 Å². The molecule has 1 heteroatoms. The van der Waals surface area contributed by atoms with Crippen LogP contribution in [-0.2, 0) is 0 Å². The van der Waals surface area contributed by atoms with Gasteiger partial charge in [-0.2, -0.15) is 0 Å². The lowest BCUT2D eigenvalue weighted by Gasteiger charge is -2.46. The number of likely N-dealkylation sites (tertiary alicyclic amines) is 1. The number of rotatable bonds is 10. The van der Waals surface area contributed by atoms with Crippen LogP contribution in [0.4, 0.5) is 0 Å². The summed E-state index contributed by atoms with van der Waals surface area (Å²) < 4.78 is 1.46. The summed E-state index contributed by atoms with van der Waals surface area (Å²) in [5.41, 5.74) is 0. The van der Waals surface area contributed by atoms with E-state index in [0.717, 1.165) is 0 Å². The summed E-state index contributed by atoms with van der Waals surface area (Å²) in [6.45, 7) is 10.5. The Morgan fingerprint density at radius 3 is 1.81 bits per heavy atom. The predicted octanol–water partition coefficient (Wildman–Crippen LogP) is 4.37. The first-order valence-corrected chi connectivity index (χ1v) is 7.68. The molecule has 0 saturated carbocycles. The van der Waals surface area contributed by atoms with E-state index in [1.165, 1.54) is 88.4 Å². The van der Waals surface area contributed by atoms with E-state index in [1.54, 1.807) is 0 Å². The van der Waals surface area contributed by atoms with Gasteiger partial charge in [-0.1, -0.05) is 46.0 Å². The summed E-state index contributed by atoms with van der Waals surface area (Å²) in [6.07, 6.45) is 13.0. The first kappa shape index (κ1) is 14.0. The van der Waals surface area contributed by atoms with E-state index in [-0.39, 0.29) is 0 Å². The molecule has 16 heavy (non-hydrogen) atoms. The fraction of sp³-hybridized carbons (Fsp3) is 1.00. The largest absolute Gasteiger partial charge is 0.323 e. The first-order valence-electron chi connectivity index (χ1n) is 7.68. The topological polar surface area (TPSA) is 0 Å². The van der Waals surface area contributed by atoms with Crippen molar-refractivity contribution in [2.45, 2.75) is 71.6 Å². The molecule has 0 spiro atoms. The molecule has 0 aromatic carbocycles. The molecule has 0 amide bonds. The van der Waals surface area contributed by atoms with Crippen molar-refractivity contribution in [1.29, 1.82) is 0 Å². The first-order chi connectivity index (χ1) is 7.83. The summed E-state index contributed by atoms with van der Waals surface area (Å²) in [7, 11) is 0. The molecule has 0 atom stereocenters. The van der Waals surface area contributed by atoms with Gasteiger partial charge in [0.25, 0.3) is 0 Å². The average Bonchev–Trinajstić information content (AvgIpc) is 2.24. The van der Waals surface area contributed by atoms with Gasteiger partial charge in [-0.25, -0.2) is 0 Å². The minimum absolute atomic E-state index is 1.37. The van der Waals surface area contributed by atoms with Gasteiger partial charge in [-0.3, -0.25) is 0 Å². The van der Waals surface area contributed by atoms with E-state index in [0.29, 0.717) is 0 Å². The highest BCUT2D eigenvalue weighted by molar-refractivity contribution is 4.56. The van der Waals surface area contributed by atoms with Gasteiger partial charge in [0, 0.05) is 6.42 Å². The molecular weight excluding hydrogens is 194 g/mol. The maximum absolute atomic E-state index is 2.34. The Balaban J connectivity index is 1.93. The van der Waals surface area contributed by atoms with Crippen LogP contribution in [0.3, 0.4) is 0 Å². The fourth-order valence-corrected chi connectivity index (χ4v) is 3.04. The number of quaternary nitrogens is 1. The van der Waals surface area contributed by atoms with E-state index in [1.807, 2.05) is 0 Å². The van der Waals surface area contributed by atoms with Gasteiger partial charge in [0.1, 0.15) is 0 Å². The lowest BCUT2D eigenvalue weighted by atomic mass is 10.0. The number of unbranched alkanes of at least 4 members (excludes halogenated alkanes) is 6. The van der Waals surface area contributed by atoms with Gasteiger partial charge in [0.2, 0.25) is 0 Å². The molecule has 1 heterocycles. The molecule has 1 saturated heterocycles. The molecule has 0 bridgehead atoms. The zero-order valence-electron chi connectivity index (χ0n) is 11.6. The lowest BCUT2D eigenvalue weighted by Crippen LogP contribution is -2.58. The van der Waals surface area contributed by atoms with Gasteiger partial charge in [-0.15, -0.1) is 0 Å². The van der Waals surface area contributed by atoms with Crippen LogP contribution in [0.2, 0.25) is 0 Å². The minimum atomic E-state index is 1.37. The van der Waals surface area contributed by atoms with E-state index < -0.39 is 0 Å². The molecule has 1 rings (SSSR count). The summed E-state index contributed by atoms with van der Waals surface area (Å²) in [4.78, 5) is 0. The second-order valence-corrected chi connectivity index (χ2v) is 5.71. The van der Waals surface area contributed by atoms with Crippen LogP contribution in [0.1, 0.15) is 71.6 Å². The third kappa shape index (κ3) is 4.86. The summed E-state index contributed by atoms with van der Waals surface area (Å²) in [5, 5.41) is 0. The normalized spacial score (nSPS) is 18.4. The molecule has 0 N–H and O–H groups in total. The van der Waals surface area contributed by atoms with Crippen LogP contribution in [-0.4, -0.2) is 30.7 Å². The van der Waals surface area contributed by atoms with Gasteiger partial charge < -0.3 is 4.48 Å². The SMILES string of the molecule is CCCCCCCCC[N+]1(CCC)CCC1. The molecule has 0 aliphatic carbocycles. The number of hydrogen-bond acceptors (Lipinski definition) is 0. The molecule has 1 aliphatic heterocycles. The predicted molar refractivity (Wildman–Crippen MR) is 72.6 cm³/mol. The third-order valence-electron chi connectivity index (χ3n) is 4.20. The van der Waals surface area contributed by atoms with Crippen LogP contribution in [0.25, 0.3) is 0 Å². The Hall–Kier alpha value is -0.0400. The summed E-state index contributed by atoms with van der Waals surface area (Å²) in [5.74, 6) is 0. The van der Waals surface area contributed by atoms with Gasteiger partial charge >= 0.3 is 0 Å². The highest BCUT2D eigenvalue weighted by Crippen LogP contribution is 2.22. The maximum Gasteiger partial charge on any atom is 0.0841 e. The number of hydrogen-bond donors (Lipinski definition) is 0. The van der Waals surface area contributed by atoms with Crippen molar-refractivity contribution in [3.63, 3.8) is 0 Å². The molecule has 1 aliphatic rings. The van der Waals surface area contributed by atoms with Crippen molar-refractivity contribution in [3.05, 3.63) is 0 Å². The summed E-state index contributed by atoms with van der Waals surface area (Å²) in [6, 6.07) is 0. The molecule has 0 unspecified atom stereocenters. The third-order valence-corrected chi connectivity index (χ3v) is 4.20. The quantitative estimate of drug-likeness (QED) is 0.383. The average molecular weight is 226 g/mol. The second-order valence-electron chi connectivity index (χ2n) is 5.71. The van der Waals surface area contributed by atoms with Crippen LogP contribution in [0, 0.1) is 0 Å². The Bertz CT molecular complexity index is 161. The summed E-state index contributed by atoms with van der Waals surface area (Å²) >= 11 is 0. The van der Waals surface area contributed by atoms with Crippen molar-refractivity contribution in [2.24, 2.45) is 0 Å². The smallest absolute Gasteiger partial charge is 0.0841 e. The Morgan fingerprint density at radius 2 is 1.31 bits per heavy atom. The molecule has 96 valence electrons. The van der Waals surface area contributed by atoms with E-state index in [2.05, 4.69) is 13.8 Å². The molecule has 1 nitrogen and oxygen atoms in total. The Kier molecular flexibility index (Phi) is 7.11. The standard InChI is InChI=1S/C15H32N/c1-3-5-6-7-8-9-10-13-16(12-4-2)14-11-15-16/h3-15H2,1-2H3/q+1. The van der Waals surface area contributed by atoms with Crippen molar-refractivity contribution in [3.8, 4) is 0 Å². The highest BCUT2D eigenvalue weighted by Gasteiger charge is 2.33. The van der Waals surface area contributed by atoms with E-state index in [4.69, 9.17) is 0 Å². The van der Waals surface area contributed by atoms with Crippen LogP contribution < -0.4 is 0 Å². The molecule has 1 fully saturated rings. The van der Waals surface area contributed by atoms with Crippen molar-refractivity contribution in [2.75, 3.05) is 26.2 Å². The van der Waals surface area contributed by atoms with Gasteiger partial charge in [0.15, 0.2) is 0 Å². The molecular formula is C15H32N+. The maximum atomic E-state index is 2.34. The zero-order valence-corrected chi connectivity index (χ0v) is 11.6. The van der Waals surface area contributed by atoms with E-state index in [9.17, 15) is 0 Å². The van der Waals surface area contributed by atoms with Crippen LogP contribution in [0.5, 0.6) is 0 Å². The zero-order chi connectivity index (χ0) is 11.7. The monoisotopic (exact) mass is 226 g/mol. The number of nitrogens with zero attached hydrogens (tertiary/aromatic N) is 1. The Labute approximate surface area is 103 Å². The molecule has 0 aromatic heterocycles. The lowest BCUT2D eigenvalue weighted by molar-refractivity contribution is -0.963. The van der Waals surface area contributed by atoms with Gasteiger partial charge in [-0.05, 0) is 19.3 Å². The molecule has 0 aromatic rings. The Morgan fingerprint density at radius 1 is 0.688 bits per heavy atom. The van der Waals surface area contributed by atoms with Crippen LogP contribution in [0.15, 0.2) is 0 Å². The fourth-order valence-electron chi connectivity index (χ4n) is 3.04. The minimum Gasteiger partial charge on any atom is -0.323 e.